The minimum absolute atomic E-state index is 0.121. The van der Waals surface area contributed by atoms with E-state index >= 15 is 0 Å². The van der Waals surface area contributed by atoms with Crippen molar-refractivity contribution in [1.82, 2.24) is 10.6 Å². The van der Waals surface area contributed by atoms with Gasteiger partial charge in [-0.05, 0) is 13.0 Å². The van der Waals surface area contributed by atoms with Crippen LogP contribution in [0, 0.1) is 12.8 Å². The molecule has 0 spiro atoms. The van der Waals surface area contributed by atoms with Gasteiger partial charge in [-0.25, -0.2) is 0 Å². The zero-order chi connectivity index (χ0) is 12.5. The Morgan fingerprint density at radius 3 is 3.17 bits per heavy atom. The molecule has 0 radical (unpaired) electrons. The number of fused-ring (bicyclic) bond motifs is 3. The van der Waals surface area contributed by atoms with Gasteiger partial charge in [0, 0.05) is 37.0 Å². The third kappa shape index (κ3) is 2.08. The predicted molar refractivity (Wildman–Crippen MR) is 68.5 cm³/mol. The molecule has 1 amide bonds. The molecule has 1 aromatic rings. The molecule has 0 unspecified atom stereocenters. The average Bonchev–Trinajstić information content (AvgIpc) is 2.34. The summed E-state index contributed by atoms with van der Waals surface area (Å²) in [6.07, 6.45) is 0.547. The monoisotopic (exact) mass is 246 g/mol. The van der Waals surface area contributed by atoms with Crippen LogP contribution in [0.25, 0.3) is 0 Å². The highest BCUT2D eigenvalue weighted by Crippen LogP contribution is 2.36. The molecule has 0 aromatic heterocycles. The summed E-state index contributed by atoms with van der Waals surface area (Å²) in [4.78, 5) is 11.4. The first-order valence-electron chi connectivity index (χ1n) is 6.47. The van der Waals surface area contributed by atoms with Gasteiger partial charge < -0.3 is 15.4 Å². The number of ether oxygens (including phenoxy) is 1. The number of nitrogens with one attached hydrogen (secondary N) is 2. The van der Waals surface area contributed by atoms with Gasteiger partial charge in [-0.1, -0.05) is 17.7 Å². The lowest BCUT2D eigenvalue weighted by molar-refractivity contribution is -0.121. The van der Waals surface area contributed by atoms with Crippen LogP contribution in [0.3, 0.4) is 0 Å². The quantitative estimate of drug-likeness (QED) is 0.722. The molecule has 0 saturated carbocycles. The van der Waals surface area contributed by atoms with Crippen LogP contribution in [0.1, 0.15) is 23.6 Å². The van der Waals surface area contributed by atoms with Crippen LogP contribution < -0.4 is 15.4 Å². The van der Waals surface area contributed by atoms with Gasteiger partial charge in [-0.2, -0.15) is 0 Å². The average molecular weight is 246 g/mol. The van der Waals surface area contributed by atoms with Crippen LogP contribution in [0.4, 0.5) is 0 Å². The number of hydrogen-bond donors (Lipinski definition) is 2. The van der Waals surface area contributed by atoms with Gasteiger partial charge in [0.1, 0.15) is 5.75 Å². The Balaban J connectivity index is 1.91. The van der Waals surface area contributed by atoms with Gasteiger partial charge in [-0.15, -0.1) is 0 Å². The maximum Gasteiger partial charge on any atom is 0.221 e. The van der Waals surface area contributed by atoms with Crippen LogP contribution in [-0.4, -0.2) is 25.6 Å². The first kappa shape index (κ1) is 11.5. The Labute approximate surface area is 107 Å². The van der Waals surface area contributed by atoms with Crippen molar-refractivity contribution in [3.63, 3.8) is 0 Å². The summed E-state index contributed by atoms with van der Waals surface area (Å²) in [6.45, 7) is 4.16. The van der Waals surface area contributed by atoms with Crippen LogP contribution in [0.5, 0.6) is 5.75 Å². The molecule has 1 fully saturated rings. The van der Waals surface area contributed by atoms with Crippen molar-refractivity contribution in [3.8, 4) is 5.75 Å². The van der Waals surface area contributed by atoms with Crippen molar-refractivity contribution >= 4 is 5.91 Å². The summed E-state index contributed by atoms with van der Waals surface area (Å²) >= 11 is 0. The van der Waals surface area contributed by atoms with Crippen LogP contribution >= 0.6 is 0 Å². The number of carbonyl (C=O) groups is 1. The van der Waals surface area contributed by atoms with E-state index in [2.05, 4.69) is 29.7 Å². The van der Waals surface area contributed by atoms with E-state index in [-0.39, 0.29) is 11.9 Å². The van der Waals surface area contributed by atoms with Gasteiger partial charge in [-0.3, -0.25) is 4.79 Å². The summed E-state index contributed by atoms with van der Waals surface area (Å²) in [5.74, 6) is 1.40. The molecule has 3 rings (SSSR count). The molecule has 0 bridgehead atoms. The normalized spacial score (nSPS) is 27.1. The fraction of sp³-hybridized carbons (Fsp3) is 0.500. The van der Waals surface area contributed by atoms with E-state index in [9.17, 15) is 4.79 Å². The van der Waals surface area contributed by atoms with Gasteiger partial charge in [0.05, 0.1) is 6.61 Å². The predicted octanol–water partition coefficient (Wildman–Crippen LogP) is 1.15. The fourth-order valence-electron chi connectivity index (χ4n) is 2.72. The lowest BCUT2D eigenvalue weighted by Gasteiger charge is -2.36. The molecule has 2 aliphatic rings. The molecule has 2 atom stereocenters. The summed E-state index contributed by atoms with van der Waals surface area (Å²) in [6, 6.07) is 6.58. The molecule has 18 heavy (non-hydrogen) atoms. The lowest BCUT2D eigenvalue weighted by Crippen LogP contribution is -2.45. The SMILES string of the molecule is Cc1ccc2c(c1)[C@H]1NCCC(=O)NC[C@H]1CO2. The zero-order valence-corrected chi connectivity index (χ0v) is 10.5. The van der Waals surface area contributed by atoms with E-state index in [1.54, 1.807) is 0 Å². The topological polar surface area (TPSA) is 50.4 Å². The second-order valence-electron chi connectivity index (χ2n) is 5.10. The standard InChI is InChI=1S/C14H18N2O2/c1-9-2-3-12-11(6-9)14-10(8-18-12)7-16-13(17)4-5-15-14/h2-3,6,10,14-15H,4-5,7-8H2,1H3,(H,16,17)/t10-,14-/m0/s1. The fourth-order valence-corrected chi connectivity index (χ4v) is 2.72. The van der Waals surface area contributed by atoms with Gasteiger partial charge in [0.15, 0.2) is 0 Å². The van der Waals surface area contributed by atoms with Gasteiger partial charge in [0.25, 0.3) is 0 Å². The van der Waals surface area contributed by atoms with E-state index < -0.39 is 0 Å². The van der Waals surface area contributed by atoms with E-state index in [1.807, 2.05) is 6.07 Å². The van der Waals surface area contributed by atoms with Crippen molar-refractivity contribution in [2.24, 2.45) is 5.92 Å². The largest absolute Gasteiger partial charge is 0.493 e. The molecule has 4 heteroatoms. The molecule has 2 aliphatic heterocycles. The van der Waals surface area contributed by atoms with Crippen LogP contribution in [0.15, 0.2) is 18.2 Å². The first-order chi connectivity index (χ1) is 8.74. The highest BCUT2D eigenvalue weighted by atomic mass is 16.5. The number of carbonyl (C=O) groups excluding carboxylic acids is 1. The number of rotatable bonds is 0. The van der Waals surface area contributed by atoms with Crippen molar-refractivity contribution in [2.45, 2.75) is 19.4 Å². The third-order valence-electron chi connectivity index (χ3n) is 3.70. The van der Waals surface area contributed by atoms with Crippen molar-refractivity contribution in [3.05, 3.63) is 29.3 Å². The number of hydrogen-bond acceptors (Lipinski definition) is 3. The van der Waals surface area contributed by atoms with Gasteiger partial charge in [0.2, 0.25) is 5.91 Å². The number of amides is 1. The molecule has 4 nitrogen and oxygen atoms in total. The molecule has 2 heterocycles. The lowest BCUT2D eigenvalue weighted by atomic mass is 9.89. The zero-order valence-electron chi connectivity index (χ0n) is 10.5. The molecule has 0 aliphatic carbocycles. The summed E-state index contributed by atoms with van der Waals surface area (Å²) < 4.78 is 5.79. The number of benzene rings is 1. The minimum Gasteiger partial charge on any atom is -0.493 e. The van der Waals surface area contributed by atoms with E-state index in [4.69, 9.17) is 4.74 Å². The maximum absolute atomic E-state index is 11.4. The smallest absolute Gasteiger partial charge is 0.221 e. The van der Waals surface area contributed by atoms with E-state index in [0.29, 0.717) is 25.5 Å². The second-order valence-corrected chi connectivity index (χ2v) is 5.10. The summed E-state index contributed by atoms with van der Waals surface area (Å²) in [5.41, 5.74) is 2.47. The van der Waals surface area contributed by atoms with Crippen molar-refractivity contribution in [2.75, 3.05) is 19.7 Å². The van der Waals surface area contributed by atoms with Crippen LogP contribution in [0.2, 0.25) is 0 Å². The van der Waals surface area contributed by atoms with E-state index in [0.717, 1.165) is 12.3 Å². The number of aryl methyl sites for hydroxylation is 1. The van der Waals surface area contributed by atoms with Crippen molar-refractivity contribution in [1.29, 1.82) is 0 Å². The Morgan fingerprint density at radius 2 is 2.28 bits per heavy atom. The molecule has 96 valence electrons. The van der Waals surface area contributed by atoms with Gasteiger partial charge >= 0.3 is 0 Å². The third-order valence-corrected chi connectivity index (χ3v) is 3.70. The molecule has 2 N–H and O–H groups in total. The maximum atomic E-state index is 11.4. The van der Waals surface area contributed by atoms with Crippen LogP contribution in [-0.2, 0) is 4.79 Å². The Kier molecular flexibility index (Phi) is 2.96. The van der Waals surface area contributed by atoms with Crippen molar-refractivity contribution < 1.29 is 9.53 Å². The second kappa shape index (κ2) is 4.61. The van der Waals surface area contributed by atoms with E-state index in [1.165, 1.54) is 11.1 Å². The molecular formula is C14H18N2O2. The minimum atomic E-state index is 0.121. The highest BCUT2D eigenvalue weighted by molar-refractivity contribution is 5.76. The Bertz CT molecular complexity index is 473. The molecule has 1 aromatic carbocycles. The Hall–Kier alpha value is -1.55. The molecular weight excluding hydrogens is 228 g/mol. The summed E-state index contributed by atoms with van der Waals surface area (Å²) in [7, 11) is 0. The highest BCUT2D eigenvalue weighted by Gasteiger charge is 2.32. The first-order valence-corrected chi connectivity index (χ1v) is 6.47. The summed E-state index contributed by atoms with van der Waals surface area (Å²) in [5, 5.41) is 6.47. The molecule has 1 saturated heterocycles. The Morgan fingerprint density at radius 1 is 1.39 bits per heavy atom.